The molecule has 0 bridgehead atoms. The maximum atomic E-state index is 5.97. The lowest BCUT2D eigenvalue weighted by Crippen LogP contribution is -2.11. The number of hydrogen-bond donors (Lipinski definition) is 0. The van der Waals surface area contributed by atoms with E-state index in [0.717, 1.165) is 18.3 Å². The number of hydrogen-bond acceptors (Lipinski definition) is 1. The third-order valence-corrected chi connectivity index (χ3v) is 3.91. The first-order valence-electron chi connectivity index (χ1n) is 6.96. The highest BCUT2D eigenvalue weighted by Gasteiger charge is 2.13. The molecule has 1 aliphatic rings. The fraction of sp³-hybridized carbons (Fsp3) is 0.625. The van der Waals surface area contributed by atoms with Gasteiger partial charge >= 0.3 is 0 Å². The molecule has 0 atom stereocenters. The van der Waals surface area contributed by atoms with Crippen LogP contribution >= 0.6 is 0 Å². The van der Waals surface area contributed by atoms with E-state index in [1.54, 1.807) is 0 Å². The molecule has 1 aromatic rings. The van der Waals surface area contributed by atoms with Gasteiger partial charge in [0, 0.05) is 0 Å². The van der Waals surface area contributed by atoms with Crippen LogP contribution in [0.3, 0.4) is 0 Å². The quantitative estimate of drug-likeness (QED) is 0.734. The molecule has 1 aromatic carbocycles. The lowest BCUT2D eigenvalue weighted by Gasteiger charge is -2.22. The Morgan fingerprint density at radius 2 is 1.71 bits per heavy atom. The Morgan fingerprint density at radius 3 is 2.35 bits per heavy atom. The SMILES string of the molecule is Cc1cccc(C)c1OCCC1CCCCC1. The van der Waals surface area contributed by atoms with E-state index in [1.807, 2.05) is 0 Å². The highest BCUT2D eigenvalue weighted by atomic mass is 16.5. The first-order valence-corrected chi connectivity index (χ1v) is 6.96. The lowest BCUT2D eigenvalue weighted by molar-refractivity contribution is 0.244. The van der Waals surface area contributed by atoms with Crippen LogP contribution in [0.1, 0.15) is 49.7 Å². The molecule has 0 heterocycles. The highest BCUT2D eigenvalue weighted by molar-refractivity contribution is 5.39. The number of para-hydroxylation sites is 1. The van der Waals surface area contributed by atoms with Crippen LogP contribution in [0.4, 0.5) is 0 Å². The minimum atomic E-state index is 0.885. The van der Waals surface area contributed by atoms with Crippen LogP contribution in [-0.2, 0) is 0 Å². The van der Waals surface area contributed by atoms with Crippen molar-refractivity contribution in [3.05, 3.63) is 29.3 Å². The van der Waals surface area contributed by atoms with Gasteiger partial charge in [-0.25, -0.2) is 0 Å². The van der Waals surface area contributed by atoms with Gasteiger partial charge in [-0.05, 0) is 37.3 Å². The van der Waals surface area contributed by atoms with Crippen LogP contribution < -0.4 is 4.74 Å². The van der Waals surface area contributed by atoms with Gasteiger partial charge in [0.15, 0.2) is 0 Å². The second-order valence-corrected chi connectivity index (χ2v) is 5.36. The van der Waals surface area contributed by atoms with Crippen LogP contribution in [-0.4, -0.2) is 6.61 Å². The summed E-state index contributed by atoms with van der Waals surface area (Å²) in [5, 5.41) is 0. The van der Waals surface area contributed by atoms with Gasteiger partial charge in [0.25, 0.3) is 0 Å². The minimum Gasteiger partial charge on any atom is -0.493 e. The maximum Gasteiger partial charge on any atom is 0.125 e. The molecule has 94 valence electrons. The zero-order valence-electron chi connectivity index (χ0n) is 11.2. The van der Waals surface area contributed by atoms with Crippen molar-refractivity contribution in [2.75, 3.05) is 6.61 Å². The average molecular weight is 232 g/mol. The molecule has 1 heteroatoms. The van der Waals surface area contributed by atoms with Gasteiger partial charge in [0.2, 0.25) is 0 Å². The Hall–Kier alpha value is -0.980. The smallest absolute Gasteiger partial charge is 0.125 e. The second kappa shape index (κ2) is 6.09. The molecule has 0 saturated heterocycles. The fourth-order valence-corrected chi connectivity index (χ4v) is 2.83. The van der Waals surface area contributed by atoms with Gasteiger partial charge in [0.05, 0.1) is 6.61 Å². The maximum absolute atomic E-state index is 5.97. The molecule has 0 unspecified atom stereocenters. The zero-order chi connectivity index (χ0) is 12.1. The molecule has 0 spiro atoms. The van der Waals surface area contributed by atoms with Crippen LogP contribution in [0, 0.1) is 19.8 Å². The molecule has 1 saturated carbocycles. The monoisotopic (exact) mass is 232 g/mol. The summed E-state index contributed by atoms with van der Waals surface area (Å²) in [6.07, 6.45) is 8.34. The van der Waals surface area contributed by atoms with Crippen molar-refractivity contribution < 1.29 is 4.74 Å². The van der Waals surface area contributed by atoms with Gasteiger partial charge in [-0.1, -0.05) is 50.3 Å². The summed E-state index contributed by atoms with van der Waals surface area (Å²) in [6, 6.07) is 6.35. The van der Waals surface area contributed by atoms with Gasteiger partial charge < -0.3 is 4.74 Å². The topological polar surface area (TPSA) is 9.23 Å². The standard InChI is InChI=1S/C16H24O/c1-13-7-6-8-14(2)16(13)17-12-11-15-9-4-3-5-10-15/h6-8,15H,3-5,9-12H2,1-2H3. The van der Waals surface area contributed by atoms with Crippen LogP contribution in [0.25, 0.3) is 0 Å². The summed E-state index contributed by atoms with van der Waals surface area (Å²) in [5.74, 6) is 2.01. The highest BCUT2D eigenvalue weighted by Crippen LogP contribution is 2.27. The summed E-state index contributed by atoms with van der Waals surface area (Å²) in [7, 11) is 0. The van der Waals surface area contributed by atoms with Gasteiger partial charge in [-0.2, -0.15) is 0 Å². The third kappa shape index (κ3) is 3.49. The van der Waals surface area contributed by atoms with Crippen molar-refractivity contribution in [2.45, 2.75) is 52.4 Å². The van der Waals surface area contributed by atoms with Gasteiger partial charge in [-0.15, -0.1) is 0 Å². The van der Waals surface area contributed by atoms with Crippen molar-refractivity contribution in [2.24, 2.45) is 5.92 Å². The first-order chi connectivity index (χ1) is 8.27. The Morgan fingerprint density at radius 1 is 1.06 bits per heavy atom. The summed E-state index contributed by atoms with van der Waals surface area (Å²) < 4.78 is 5.97. The van der Waals surface area contributed by atoms with E-state index >= 15 is 0 Å². The van der Waals surface area contributed by atoms with Crippen molar-refractivity contribution >= 4 is 0 Å². The molecule has 0 aromatic heterocycles. The van der Waals surface area contributed by atoms with Gasteiger partial charge in [0.1, 0.15) is 5.75 Å². The third-order valence-electron chi connectivity index (χ3n) is 3.91. The summed E-state index contributed by atoms with van der Waals surface area (Å²) in [5.41, 5.74) is 2.52. The van der Waals surface area contributed by atoms with Crippen LogP contribution in [0.2, 0.25) is 0 Å². The van der Waals surface area contributed by atoms with Crippen LogP contribution in [0.5, 0.6) is 5.75 Å². The largest absolute Gasteiger partial charge is 0.493 e. The Labute approximate surface area is 105 Å². The van der Waals surface area contributed by atoms with Crippen molar-refractivity contribution in [1.82, 2.24) is 0 Å². The number of rotatable bonds is 4. The molecule has 1 aliphatic carbocycles. The van der Waals surface area contributed by atoms with E-state index in [9.17, 15) is 0 Å². The average Bonchev–Trinajstić information content (AvgIpc) is 2.34. The predicted octanol–water partition coefficient (Wildman–Crippen LogP) is 4.65. The first kappa shape index (κ1) is 12.5. The second-order valence-electron chi connectivity index (χ2n) is 5.36. The molecule has 0 amide bonds. The molecule has 0 radical (unpaired) electrons. The van der Waals surface area contributed by atoms with E-state index in [2.05, 4.69) is 32.0 Å². The van der Waals surface area contributed by atoms with E-state index in [-0.39, 0.29) is 0 Å². The van der Waals surface area contributed by atoms with Crippen molar-refractivity contribution in [3.63, 3.8) is 0 Å². The molecule has 17 heavy (non-hydrogen) atoms. The molecular weight excluding hydrogens is 208 g/mol. The van der Waals surface area contributed by atoms with E-state index in [1.165, 1.54) is 49.7 Å². The van der Waals surface area contributed by atoms with E-state index in [4.69, 9.17) is 4.74 Å². The van der Waals surface area contributed by atoms with E-state index < -0.39 is 0 Å². The fourth-order valence-electron chi connectivity index (χ4n) is 2.83. The zero-order valence-corrected chi connectivity index (χ0v) is 11.2. The van der Waals surface area contributed by atoms with Gasteiger partial charge in [-0.3, -0.25) is 0 Å². The predicted molar refractivity (Wildman–Crippen MR) is 72.6 cm³/mol. The molecule has 1 fully saturated rings. The number of ether oxygens (including phenoxy) is 1. The van der Waals surface area contributed by atoms with Crippen molar-refractivity contribution in [1.29, 1.82) is 0 Å². The minimum absolute atomic E-state index is 0.885. The Kier molecular flexibility index (Phi) is 4.47. The van der Waals surface area contributed by atoms with E-state index in [0.29, 0.717) is 0 Å². The molecular formula is C16H24O. The molecule has 0 N–H and O–H groups in total. The summed E-state index contributed by atoms with van der Waals surface area (Å²) in [4.78, 5) is 0. The summed E-state index contributed by atoms with van der Waals surface area (Å²) >= 11 is 0. The Bertz CT molecular complexity index is 330. The molecule has 2 rings (SSSR count). The lowest BCUT2D eigenvalue weighted by atomic mass is 9.87. The number of benzene rings is 1. The van der Waals surface area contributed by atoms with Crippen LogP contribution in [0.15, 0.2) is 18.2 Å². The van der Waals surface area contributed by atoms with Crippen molar-refractivity contribution in [3.8, 4) is 5.75 Å². The molecule has 0 aliphatic heterocycles. The molecule has 1 nitrogen and oxygen atoms in total. The Balaban J connectivity index is 1.81. The summed E-state index contributed by atoms with van der Waals surface area (Å²) in [6.45, 7) is 5.14. The number of aryl methyl sites for hydroxylation is 2. The normalized spacial score (nSPS) is 17.1.